The van der Waals surface area contributed by atoms with E-state index in [1.54, 1.807) is 12.1 Å². The Kier molecular flexibility index (Phi) is 3.49. The van der Waals surface area contributed by atoms with Crippen molar-refractivity contribution in [3.8, 4) is 5.75 Å². The minimum absolute atomic E-state index is 0.00745. The average molecular weight is 293 g/mol. The van der Waals surface area contributed by atoms with Crippen LogP contribution in [0.3, 0.4) is 0 Å². The monoisotopic (exact) mass is 293 g/mol. The number of nitro benzene ring substituents is 1. The zero-order chi connectivity index (χ0) is 15.5. The zero-order valence-corrected chi connectivity index (χ0v) is 11.4. The summed E-state index contributed by atoms with van der Waals surface area (Å²) in [6.45, 7) is 0. The summed E-state index contributed by atoms with van der Waals surface area (Å²) >= 11 is 0. The summed E-state index contributed by atoms with van der Waals surface area (Å²) in [5, 5.41) is 30.4. The van der Waals surface area contributed by atoms with Gasteiger partial charge in [-0.2, -0.15) is 5.11 Å². The second kappa shape index (κ2) is 5.61. The lowest BCUT2D eigenvalue weighted by Crippen LogP contribution is -1.85. The Bertz CT molecular complexity index is 873. The number of fused-ring (bicyclic) bond motifs is 1. The molecule has 0 fully saturated rings. The maximum Gasteiger partial charge on any atom is 0.269 e. The second-order valence-electron chi connectivity index (χ2n) is 4.63. The fraction of sp³-hybridized carbons (Fsp3) is 0. The van der Waals surface area contributed by atoms with Crippen LogP contribution in [0.2, 0.25) is 0 Å². The van der Waals surface area contributed by atoms with Crippen LogP contribution in [0.1, 0.15) is 0 Å². The molecule has 3 rings (SSSR count). The van der Waals surface area contributed by atoms with Crippen molar-refractivity contribution in [1.82, 2.24) is 0 Å². The summed E-state index contributed by atoms with van der Waals surface area (Å²) < 4.78 is 0. The molecule has 3 aromatic rings. The molecule has 0 heterocycles. The van der Waals surface area contributed by atoms with Crippen LogP contribution < -0.4 is 0 Å². The molecule has 0 saturated carbocycles. The summed E-state index contributed by atoms with van der Waals surface area (Å²) in [5.41, 5.74) is 0.835. The van der Waals surface area contributed by atoms with E-state index in [0.29, 0.717) is 11.4 Å². The molecular formula is C16H11N3O3. The SMILES string of the molecule is O=[N+]([O-])c1ccc(N=Nc2c(O)ccc3ccccc23)cc1. The number of hydrogen-bond acceptors (Lipinski definition) is 5. The van der Waals surface area contributed by atoms with Gasteiger partial charge in [-0.15, -0.1) is 5.11 Å². The second-order valence-corrected chi connectivity index (χ2v) is 4.63. The van der Waals surface area contributed by atoms with Crippen LogP contribution in [0.4, 0.5) is 17.1 Å². The van der Waals surface area contributed by atoms with Gasteiger partial charge in [0.2, 0.25) is 0 Å². The maximum absolute atomic E-state index is 10.6. The molecule has 0 aliphatic carbocycles. The predicted molar refractivity (Wildman–Crippen MR) is 82.9 cm³/mol. The van der Waals surface area contributed by atoms with Gasteiger partial charge in [-0.05, 0) is 23.6 Å². The summed E-state index contributed by atoms with van der Waals surface area (Å²) in [4.78, 5) is 10.1. The third kappa shape index (κ3) is 2.62. The van der Waals surface area contributed by atoms with E-state index in [1.165, 1.54) is 24.3 Å². The van der Waals surface area contributed by atoms with Crippen molar-refractivity contribution in [2.75, 3.05) is 0 Å². The molecule has 0 radical (unpaired) electrons. The van der Waals surface area contributed by atoms with E-state index >= 15 is 0 Å². The molecule has 6 nitrogen and oxygen atoms in total. The lowest BCUT2D eigenvalue weighted by atomic mass is 10.1. The van der Waals surface area contributed by atoms with Gasteiger partial charge in [0.1, 0.15) is 11.4 Å². The van der Waals surface area contributed by atoms with E-state index in [9.17, 15) is 15.2 Å². The molecule has 0 aromatic heterocycles. The van der Waals surface area contributed by atoms with Crippen LogP contribution in [0.5, 0.6) is 5.75 Å². The van der Waals surface area contributed by atoms with Crippen molar-refractivity contribution >= 4 is 27.8 Å². The highest BCUT2D eigenvalue weighted by Crippen LogP contribution is 2.36. The first-order chi connectivity index (χ1) is 10.6. The number of benzene rings is 3. The van der Waals surface area contributed by atoms with Gasteiger partial charge in [0.25, 0.3) is 5.69 Å². The van der Waals surface area contributed by atoms with Crippen LogP contribution in [-0.4, -0.2) is 10.0 Å². The number of aromatic hydroxyl groups is 1. The van der Waals surface area contributed by atoms with Crippen LogP contribution >= 0.6 is 0 Å². The summed E-state index contributed by atoms with van der Waals surface area (Å²) in [6, 6.07) is 16.6. The van der Waals surface area contributed by atoms with E-state index in [-0.39, 0.29) is 11.4 Å². The first-order valence-corrected chi connectivity index (χ1v) is 6.52. The number of phenols is 1. The minimum Gasteiger partial charge on any atom is -0.506 e. The summed E-state index contributed by atoms with van der Waals surface area (Å²) in [5.74, 6) is 0.0318. The van der Waals surface area contributed by atoms with Gasteiger partial charge in [-0.3, -0.25) is 10.1 Å². The largest absolute Gasteiger partial charge is 0.506 e. The van der Waals surface area contributed by atoms with Gasteiger partial charge < -0.3 is 5.11 Å². The Balaban J connectivity index is 1.98. The number of rotatable bonds is 3. The molecule has 0 saturated heterocycles. The molecule has 108 valence electrons. The maximum atomic E-state index is 10.6. The molecule has 3 aromatic carbocycles. The lowest BCUT2D eigenvalue weighted by Gasteiger charge is -2.03. The minimum atomic E-state index is -0.475. The Labute approximate surface area is 125 Å². The highest BCUT2D eigenvalue weighted by Gasteiger charge is 2.06. The van der Waals surface area contributed by atoms with E-state index < -0.39 is 4.92 Å². The predicted octanol–water partition coefficient (Wildman–Crippen LogP) is 4.87. The number of phenolic OH excluding ortho intramolecular Hbond substituents is 1. The summed E-state index contributed by atoms with van der Waals surface area (Å²) in [6.07, 6.45) is 0. The molecule has 0 bridgehead atoms. The third-order valence-electron chi connectivity index (χ3n) is 3.21. The molecule has 0 aliphatic heterocycles. The molecule has 1 N–H and O–H groups in total. The molecular weight excluding hydrogens is 282 g/mol. The quantitative estimate of drug-likeness (QED) is 0.424. The smallest absolute Gasteiger partial charge is 0.269 e. The highest BCUT2D eigenvalue weighted by atomic mass is 16.6. The van der Waals surface area contributed by atoms with Crippen LogP contribution in [-0.2, 0) is 0 Å². The Morgan fingerprint density at radius 3 is 2.36 bits per heavy atom. The van der Waals surface area contributed by atoms with E-state index in [2.05, 4.69) is 10.2 Å². The zero-order valence-electron chi connectivity index (χ0n) is 11.4. The van der Waals surface area contributed by atoms with Gasteiger partial charge in [-0.1, -0.05) is 30.3 Å². The van der Waals surface area contributed by atoms with Gasteiger partial charge in [0, 0.05) is 17.5 Å². The van der Waals surface area contributed by atoms with Crippen LogP contribution in [0, 0.1) is 10.1 Å². The third-order valence-corrected chi connectivity index (χ3v) is 3.21. The van der Waals surface area contributed by atoms with Crippen molar-refractivity contribution in [2.45, 2.75) is 0 Å². The number of azo groups is 1. The molecule has 0 amide bonds. The van der Waals surface area contributed by atoms with Crippen LogP contribution in [0.15, 0.2) is 70.9 Å². The van der Waals surface area contributed by atoms with Gasteiger partial charge in [0.05, 0.1) is 10.6 Å². The Morgan fingerprint density at radius 2 is 1.64 bits per heavy atom. The molecule has 0 spiro atoms. The van der Waals surface area contributed by atoms with Gasteiger partial charge >= 0.3 is 0 Å². The fourth-order valence-corrected chi connectivity index (χ4v) is 2.10. The fourth-order valence-electron chi connectivity index (χ4n) is 2.10. The molecule has 0 aliphatic rings. The van der Waals surface area contributed by atoms with Crippen molar-refractivity contribution in [1.29, 1.82) is 0 Å². The first-order valence-electron chi connectivity index (χ1n) is 6.52. The van der Waals surface area contributed by atoms with Gasteiger partial charge in [0.15, 0.2) is 0 Å². The van der Waals surface area contributed by atoms with E-state index in [1.807, 2.05) is 24.3 Å². The molecule has 0 atom stereocenters. The Morgan fingerprint density at radius 1 is 0.909 bits per heavy atom. The molecule has 6 heteroatoms. The number of hydrogen-bond donors (Lipinski definition) is 1. The first kappa shape index (κ1) is 13.7. The molecule has 22 heavy (non-hydrogen) atoms. The van der Waals surface area contributed by atoms with Crippen molar-refractivity contribution in [3.63, 3.8) is 0 Å². The van der Waals surface area contributed by atoms with Crippen molar-refractivity contribution in [3.05, 3.63) is 70.8 Å². The number of nitro groups is 1. The van der Waals surface area contributed by atoms with Gasteiger partial charge in [-0.25, -0.2) is 0 Å². The van der Waals surface area contributed by atoms with Crippen molar-refractivity contribution in [2.24, 2.45) is 10.2 Å². The normalized spacial score (nSPS) is 11.1. The average Bonchev–Trinajstić information content (AvgIpc) is 2.54. The standard InChI is InChI=1S/C16H11N3O3/c20-15-10-5-11-3-1-2-4-14(11)16(15)18-17-12-6-8-13(9-7-12)19(21)22/h1-10,20H. The summed E-state index contributed by atoms with van der Waals surface area (Å²) in [7, 11) is 0. The molecule has 0 unspecified atom stereocenters. The van der Waals surface area contributed by atoms with E-state index in [4.69, 9.17) is 0 Å². The topological polar surface area (TPSA) is 88.1 Å². The highest BCUT2D eigenvalue weighted by molar-refractivity contribution is 5.95. The lowest BCUT2D eigenvalue weighted by molar-refractivity contribution is -0.384. The van der Waals surface area contributed by atoms with Crippen LogP contribution in [0.25, 0.3) is 10.8 Å². The number of nitrogens with zero attached hydrogens (tertiary/aromatic N) is 3. The van der Waals surface area contributed by atoms with E-state index in [0.717, 1.165) is 10.8 Å². The number of non-ortho nitro benzene ring substituents is 1. The van der Waals surface area contributed by atoms with Crippen molar-refractivity contribution < 1.29 is 10.0 Å². The Hall–Kier alpha value is -3.28.